The fourth-order valence-corrected chi connectivity index (χ4v) is 2.24. The molecule has 0 fully saturated rings. The van der Waals surface area contributed by atoms with Crippen LogP contribution in [0.1, 0.15) is 22.6 Å². The molecule has 0 radical (unpaired) electrons. The van der Waals surface area contributed by atoms with Crippen molar-refractivity contribution in [2.75, 3.05) is 7.11 Å². The normalized spacial score (nSPS) is 10.7. The highest BCUT2D eigenvalue weighted by Crippen LogP contribution is 2.21. The second-order valence-electron chi connectivity index (χ2n) is 4.23. The molecule has 0 saturated carbocycles. The van der Waals surface area contributed by atoms with E-state index in [9.17, 15) is 0 Å². The lowest BCUT2D eigenvalue weighted by Gasteiger charge is -2.09. The molecule has 3 nitrogen and oxygen atoms in total. The number of hydrogen-bond acceptors (Lipinski definition) is 3. The van der Waals surface area contributed by atoms with Crippen LogP contribution in [0.2, 0.25) is 10.2 Å². The average molecular weight is 297 g/mol. The van der Waals surface area contributed by atoms with Crippen LogP contribution in [0.25, 0.3) is 0 Å². The molecule has 0 bridgehead atoms. The van der Waals surface area contributed by atoms with Crippen molar-refractivity contribution in [1.82, 2.24) is 9.97 Å². The van der Waals surface area contributed by atoms with Gasteiger partial charge < -0.3 is 4.74 Å². The molecule has 0 aliphatic carbocycles. The molecule has 0 unspecified atom stereocenters. The van der Waals surface area contributed by atoms with Crippen LogP contribution in [0.15, 0.2) is 24.3 Å². The summed E-state index contributed by atoms with van der Waals surface area (Å²) in [5, 5.41) is 1.20. The quantitative estimate of drug-likeness (QED) is 0.804. The highest BCUT2D eigenvalue weighted by atomic mass is 35.5. The summed E-state index contributed by atoms with van der Waals surface area (Å²) in [4.78, 5) is 8.63. The highest BCUT2D eigenvalue weighted by molar-refractivity contribution is 6.30. The first-order valence-electron chi connectivity index (χ1n) is 5.85. The molecule has 1 heterocycles. The third-order valence-electron chi connectivity index (χ3n) is 2.78. The Morgan fingerprint density at radius 1 is 1.11 bits per heavy atom. The molecule has 0 N–H and O–H groups in total. The standard InChI is InChI=1S/C14H14Cl2N2O/c1-9-12(7-10-3-5-11(15)6-4-10)14(16)18-13(17-9)8-19-2/h3-6H,7-8H2,1-2H3. The van der Waals surface area contributed by atoms with Gasteiger partial charge in [-0.05, 0) is 24.6 Å². The van der Waals surface area contributed by atoms with Crippen molar-refractivity contribution < 1.29 is 4.74 Å². The zero-order valence-electron chi connectivity index (χ0n) is 10.8. The molecular formula is C14H14Cl2N2O. The zero-order chi connectivity index (χ0) is 13.8. The predicted octanol–water partition coefficient (Wildman–Crippen LogP) is 3.83. The van der Waals surface area contributed by atoms with Crippen LogP contribution in [0.4, 0.5) is 0 Å². The van der Waals surface area contributed by atoms with Crippen LogP contribution in [0.3, 0.4) is 0 Å². The predicted molar refractivity (Wildman–Crippen MR) is 76.8 cm³/mol. The summed E-state index contributed by atoms with van der Waals surface area (Å²) in [6.45, 7) is 2.29. The molecule has 1 aromatic carbocycles. The van der Waals surface area contributed by atoms with E-state index in [1.165, 1.54) is 0 Å². The summed E-state index contributed by atoms with van der Waals surface area (Å²) in [5.41, 5.74) is 2.93. The number of aryl methyl sites for hydroxylation is 1. The Hall–Kier alpha value is -1.16. The van der Waals surface area contributed by atoms with E-state index in [0.29, 0.717) is 24.0 Å². The number of ether oxygens (including phenoxy) is 1. The second kappa shape index (κ2) is 6.33. The maximum absolute atomic E-state index is 6.22. The van der Waals surface area contributed by atoms with Crippen molar-refractivity contribution in [3.63, 3.8) is 0 Å². The molecule has 0 saturated heterocycles. The van der Waals surface area contributed by atoms with Gasteiger partial charge in [0.25, 0.3) is 0 Å². The van der Waals surface area contributed by atoms with Crippen LogP contribution in [0, 0.1) is 6.92 Å². The monoisotopic (exact) mass is 296 g/mol. The van der Waals surface area contributed by atoms with Gasteiger partial charge in [-0.2, -0.15) is 0 Å². The molecule has 5 heteroatoms. The minimum atomic E-state index is 0.363. The molecule has 2 rings (SSSR count). The van der Waals surface area contributed by atoms with Gasteiger partial charge in [-0.15, -0.1) is 0 Å². The van der Waals surface area contributed by atoms with Crippen LogP contribution in [-0.2, 0) is 17.8 Å². The van der Waals surface area contributed by atoms with E-state index in [1.54, 1.807) is 7.11 Å². The summed E-state index contributed by atoms with van der Waals surface area (Å²) in [6.07, 6.45) is 0.690. The van der Waals surface area contributed by atoms with Gasteiger partial charge in [0.1, 0.15) is 11.8 Å². The SMILES string of the molecule is COCc1nc(C)c(Cc2ccc(Cl)cc2)c(Cl)n1. The smallest absolute Gasteiger partial charge is 0.155 e. The van der Waals surface area contributed by atoms with E-state index < -0.39 is 0 Å². The Balaban J connectivity index is 2.27. The van der Waals surface area contributed by atoms with Gasteiger partial charge in [-0.1, -0.05) is 35.3 Å². The summed E-state index contributed by atoms with van der Waals surface area (Å²) >= 11 is 12.1. The van der Waals surface area contributed by atoms with Crippen LogP contribution < -0.4 is 0 Å². The molecule has 2 aromatic rings. The second-order valence-corrected chi connectivity index (χ2v) is 5.03. The molecule has 0 aliphatic heterocycles. The van der Waals surface area contributed by atoms with Gasteiger partial charge in [0.15, 0.2) is 5.82 Å². The van der Waals surface area contributed by atoms with Gasteiger partial charge >= 0.3 is 0 Å². The topological polar surface area (TPSA) is 35.0 Å². The lowest BCUT2D eigenvalue weighted by atomic mass is 10.1. The molecule has 19 heavy (non-hydrogen) atoms. The summed E-state index contributed by atoms with van der Waals surface area (Å²) in [5.74, 6) is 0.602. The minimum absolute atomic E-state index is 0.363. The van der Waals surface area contributed by atoms with E-state index in [1.807, 2.05) is 31.2 Å². The largest absolute Gasteiger partial charge is 0.377 e. The number of rotatable bonds is 4. The average Bonchev–Trinajstić information content (AvgIpc) is 2.36. The van der Waals surface area contributed by atoms with E-state index in [2.05, 4.69) is 9.97 Å². The third-order valence-corrected chi connectivity index (χ3v) is 3.34. The Labute approximate surface area is 122 Å². The molecule has 100 valence electrons. The first kappa shape index (κ1) is 14.3. The molecule has 0 amide bonds. The summed E-state index contributed by atoms with van der Waals surface area (Å²) in [6, 6.07) is 7.67. The number of halogens is 2. The number of methoxy groups -OCH3 is 1. The molecule has 0 aliphatic rings. The van der Waals surface area contributed by atoms with Gasteiger partial charge in [-0.3, -0.25) is 0 Å². The molecule has 0 spiro atoms. The van der Waals surface area contributed by atoms with E-state index in [0.717, 1.165) is 21.8 Å². The Kier molecular flexibility index (Phi) is 4.75. The maximum Gasteiger partial charge on any atom is 0.155 e. The lowest BCUT2D eigenvalue weighted by molar-refractivity contribution is 0.177. The summed E-state index contributed by atoms with van der Waals surface area (Å²) < 4.78 is 5.01. The van der Waals surface area contributed by atoms with Crippen molar-refractivity contribution in [3.8, 4) is 0 Å². The van der Waals surface area contributed by atoms with E-state index in [-0.39, 0.29) is 0 Å². The van der Waals surface area contributed by atoms with Gasteiger partial charge in [0, 0.05) is 29.8 Å². The Morgan fingerprint density at radius 2 is 1.79 bits per heavy atom. The molecular weight excluding hydrogens is 283 g/mol. The number of benzene rings is 1. The lowest BCUT2D eigenvalue weighted by Crippen LogP contribution is -2.04. The van der Waals surface area contributed by atoms with Crippen molar-refractivity contribution in [3.05, 3.63) is 57.1 Å². The van der Waals surface area contributed by atoms with Crippen molar-refractivity contribution in [2.24, 2.45) is 0 Å². The van der Waals surface area contributed by atoms with Crippen LogP contribution in [0.5, 0.6) is 0 Å². The third kappa shape index (κ3) is 3.66. The first-order valence-corrected chi connectivity index (χ1v) is 6.61. The van der Waals surface area contributed by atoms with Crippen LogP contribution in [-0.4, -0.2) is 17.1 Å². The molecule has 0 atom stereocenters. The van der Waals surface area contributed by atoms with E-state index in [4.69, 9.17) is 27.9 Å². The van der Waals surface area contributed by atoms with Crippen molar-refractivity contribution in [2.45, 2.75) is 20.0 Å². The summed E-state index contributed by atoms with van der Waals surface area (Å²) in [7, 11) is 1.61. The minimum Gasteiger partial charge on any atom is -0.377 e. The zero-order valence-corrected chi connectivity index (χ0v) is 12.3. The fraction of sp³-hybridized carbons (Fsp3) is 0.286. The van der Waals surface area contributed by atoms with Gasteiger partial charge in [0.05, 0.1) is 0 Å². The number of aromatic nitrogens is 2. The first-order chi connectivity index (χ1) is 9.10. The van der Waals surface area contributed by atoms with Gasteiger partial charge in [0.2, 0.25) is 0 Å². The van der Waals surface area contributed by atoms with E-state index >= 15 is 0 Å². The maximum atomic E-state index is 6.22. The van der Waals surface area contributed by atoms with Crippen molar-refractivity contribution >= 4 is 23.2 Å². The molecule has 1 aromatic heterocycles. The highest BCUT2D eigenvalue weighted by Gasteiger charge is 2.10. The number of nitrogens with zero attached hydrogens (tertiary/aromatic N) is 2. The van der Waals surface area contributed by atoms with Crippen LogP contribution >= 0.6 is 23.2 Å². The fourth-order valence-electron chi connectivity index (χ4n) is 1.82. The number of hydrogen-bond donors (Lipinski definition) is 0. The Morgan fingerprint density at radius 3 is 2.37 bits per heavy atom. The van der Waals surface area contributed by atoms with Gasteiger partial charge in [-0.25, -0.2) is 9.97 Å². The van der Waals surface area contributed by atoms with Crippen molar-refractivity contribution in [1.29, 1.82) is 0 Å². The Bertz CT molecular complexity index is 547.